The average Bonchev–Trinajstić information content (AvgIpc) is 3.55. The van der Waals surface area contributed by atoms with Crippen LogP contribution in [0.25, 0.3) is 32.8 Å². The van der Waals surface area contributed by atoms with Crippen molar-refractivity contribution in [1.29, 1.82) is 0 Å². The molecule has 9 nitrogen and oxygen atoms in total. The highest BCUT2D eigenvalue weighted by Crippen LogP contribution is 2.37. The lowest BCUT2D eigenvalue weighted by Gasteiger charge is -2.33. The van der Waals surface area contributed by atoms with Gasteiger partial charge in [0.25, 0.3) is 5.91 Å². The SMILES string of the molecule is COc1cc(C(=O)N2CCC[C@@H](NC(=O)OC(C)(C)C)C2)cc2nc(-c3cc4ccsc4n3CC(F)(F)F)n(C)c12. The molecule has 5 rings (SSSR count). The van der Waals surface area contributed by atoms with Crippen molar-refractivity contribution in [2.75, 3.05) is 20.2 Å². The minimum Gasteiger partial charge on any atom is -0.494 e. The Bertz CT molecular complexity index is 1610. The number of carbonyl (C=O) groups excluding carboxylic acids is 2. The van der Waals surface area contributed by atoms with Crippen LogP contribution in [-0.2, 0) is 18.3 Å². The number of amides is 2. The first-order chi connectivity index (χ1) is 19.2. The van der Waals surface area contributed by atoms with Gasteiger partial charge in [-0.1, -0.05) is 0 Å². The van der Waals surface area contributed by atoms with Crippen molar-refractivity contribution in [2.45, 2.75) is 58.0 Å². The molecule has 0 radical (unpaired) electrons. The largest absolute Gasteiger partial charge is 0.494 e. The van der Waals surface area contributed by atoms with Crippen LogP contribution in [0, 0.1) is 0 Å². The van der Waals surface area contributed by atoms with E-state index < -0.39 is 24.4 Å². The number of rotatable bonds is 5. The summed E-state index contributed by atoms with van der Waals surface area (Å²) in [5.41, 5.74) is 1.01. The Kier molecular flexibility index (Phi) is 7.43. The molecule has 3 aromatic heterocycles. The summed E-state index contributed by atoms with van der Waals surface area (Å²) < 4.78 is 54.5. The molecule has 2 amide bonds. The Morgan fingerprint density at radius 2 is 1.95 bits per heavy atom. The van der Waals surface area contributed by atoms with Gasteiger partial charge in [-0.15, -0.1) is 11.3 Å². The van der Waals surface area contributed by atoms with Crippen LogP contribution >= 0.6 is 11.3 Å². The zero-order valence-corrected chi connectivity index (χ0v) is 24.3. The third kappa shape index (κ3) is 5.99. The van der Waals surface area contributed by atoms with Crippen molar-refractivity contribution < 1.29 is 32.2 Å². The molecule has 1 fully saturated rings. The van der Waals surface area contributed by atoms with Crippen LogP contribution in [0.1, 0.15) is 44.0 Å². The molecule has 13 heteroatoms. The summed E-state index contributed by atoms with van der Waals surface area (Å²) in [5, 5.41) is 5.30. The highest BCUT2D eigenvalue weighted by Gasteiger charge is 2.32. The number of nitrogens with zero attached hydrogens (tertiary/aromatic N) is 4. The maximum atomic E-state index is 13.6. The van der Waals surface area contributed by atoms with Gasteiger partial charge in [-0.3, -0.25) is 4.79 Å². The first kappa shape index (κ1) is 28.8. The molecule has 1 aliphatic heterocycles. The number of nitrogens with one attached hydrogen (secondary N) is 1. The Labute approximate surface area is 238 Å². The first-order valence-corrected chi connectivity index (χ1v) is 14.1. The number of ether oxygens (including phenoxy) is 2. The van der Waals surface area contributed by atoms with E-state index in [2.05, 4.69) is 10.3 Å². The van der Waals surface area contributed by atoms with Gasteiger partial charge in [-0.05, 0) is 63.3 Å². The summed E-state index contributed by atoms with van der Waals surface area (Å²) in [7, 11) is 3.19. The number of methoxy groups -OCH3 is 1. The van der Waals surface area contributed by atoms with Crippen LogP contribution < -0.4 is 10.1 Å². The Morgan fingerprint density at radius 1 is 1.20 bits per heavy atom. The number of fused-ring (bicyclic) bond motifs is 2. The van der Waals surface area contributed by atoms with Gasteiger partial charge in [-0.2, -0.15) is 13.2 Å². The lowest BCUT2D eigenvalue weighted by molar-refractivity contribution is -0.139. The molecule has 1 atom stereocenters. The van der Waals surface area contributed by atoms with Crippen LogP contribution in [0.3, 0.4) is 0 Å². The molecule has 1 aliphatic rings. The minimum absolute atomic E-state index is 0.256. The second-order valence-corrected chi connectivity index (χ2v) is 12.1. The molecule has 41 heavy (non-hydrogen) atoms. The summed E-state index contributed by atoms with van der Waals surface area (Å²) in [5.74, 6) is 0.451. The summed E-state index contributed by atoms with van der Waals surface area (Å²) in [4.78, 5) is 32.7. The molecule has 1 aromatic carbocycles. The van der Waals surface area contributed by atoms with Gasteiger partial charge in [-0.25, -0.2) is 9.78 Å². The Hall–Kier alpha value is -3.74. The molecule has 220 valence electrons. The third-order valence-electron chi connectivity index (χ3n) is 6.90. The van der Waals surface area contributed by atoms with E-state index in [0.29, 0.717) is 70.0 Å². The van der Waals surface area contributed by atoms with Crippen LogP contribution in [0.5, 0.6) is 5.75 Å². The standard InChI is InChI=1S/C28H32F3N5O4S/c1-27(2,3)40-26(38)32-18-7-6-9-35(14-18)24(37)17-11-19-22(21(13-17)39-5)34(4)23(33-19)20-12-16-8-10-41-25(16)36(20)15-28(29,30)31/h8,10-13,18H,6-7,9,14-15H2,1-5H3,(H,32,38)/t18-/m1/s1. The van der Waals surface area contributed by atoms with E-state index in [9.17, 15) is 22.8 Å². The van der Waals surface area contributed by atoms with Gasteiger partial charge in [0.2, 0.25) is 0 Å². The zero-order chi connectivity index (χ0) is 29.7. The monoisotopic (exact) mass is 591 g/mol. The highest BCUT2D eigenvalue weighted by molar-refractivity contribution is 7.16. The van der Waals surface area contributed by atoms with Gasteiger partial charge >= 0.3 is 12.3 Å². The number of alkyl carbamates (subject to hydrolysis) is 1. The topological polar surface area (TPSA) is 90.6 Å². The summed E-state index contributed by atoms with van der Waals surface area (Å²) in [6, 6.07) is 6.47. The molecular formula is C28H32F3N5O4S. The molecule has 4 heterocycles. The molecule has 1 saturated heterocycles. The van der Waals surface area contributed by atoms with Gasteiger partial charge < -0.3 is 28.8 Å². The minimum atomic E-state index is -4.42. The number of piperidine rings is 1. The van der Waals surface area contributed by atoms with E-state index in [4.69, 9.17) is 9.47 Å². The zero-order valence-electron chi connectivity index (χ0n) is 23.5. The van der Waals surface area contributed by atoms with Gasteiger partial charge in [0, 0.05) is 37.1 Å². The predicted molar refractivity (Wildman–Crippen MR) is 150 cm³/mol. The number of halogens is 3. The maximum Gasteiger partial charge on any atom is 0.407 e. The maximum absolute atomic E-state index is 13.6. The summed E-state index contributed by atoms with van der Waals surface area (Å²) in [6.45, 7) is 5.03. The number of aryl methyl sites for hydroxylation is 1. The molecule has 4 aromatic rings. The van der Waals surface area contributed by atoms with E-state index >= 15 is 0 Å². The van der Waals surface area contributed by atoms with Crippen molar-refractivity contribution in [3.63, 3.8) is 0 Å². The number of alkyl halides is 3. The number of aromatic nitrogens is 3. The smallest absolute Gasteiger partial charge is 0.407 e. The van der Waals surface area contributed by atoms with Crippen LogP contribution in [-0.4, -0.2) is 69.0 Å². The highest BCUT2D eigenvalue weighted by atomic mass is 32.1. The van der Waals surface area contributed by atoms with E-state index in [1.807, 2.05) is 0 Å². The average molecular weight is 592 g/mol. The summed E-state index contributed by atoms with van der Waals surface area (Å²) in [6.07, 6.45) is -3.54. The second-order valence-electron chi connectivity index (χ2n) is 11.2. The Morgan fingerprint density at radius 3 is 2.63 bits per heavy atom. The van der Waals surface area contributed by atoms with Crippen molar-refractivity contribution in [3.05, 3.63) is 35.2 Å². The fraction of sp³-hybridized carbons (Fsp3) is 0.464. The van der Waals surface area contributed by atoms with Gasteiger partial charge in [0.15, 0.2) is 5.82 Å². The van der Waals surface area contributed by atoms with E-state index in [-0.39, 0.29) is 11.9 Å². The number of likely N-dealkylation sites (tertiary alicyclic amines) is 1. The normalized spacial score (nSPS) is 16.4. The lowest BCUT2D eigenvalue weighted by atomic mass is 10.0. The number of hydrogen-bond acceptors (Lipinski definition) is 6. The van der Waals surface area contributed by atoms with Crippen LogP contribution in [0.15, 0.2) is 29.6 Å². The number of thiophene rings is 1. The van der Waals surface area contributed by atoms with Gasteiger partial charge in [0.05, 0.1) is 18.3 Å². The number of hydrogen-bond donors (Lipinski definition) is 1. The fourth-order valence-corrected chi connectivity index (χ4v) is 6.15. The number of carbonyl (C=O) groups is 2. The first-order valence-electron chi connectivity index (χ1n) is 13.2. The van der Waals surface area contributed by atoms with Crippen molar-refractivity contribution in [1.82, 2.24) is 24.3 Å². The molecule has 0 bridgehead atoms. The number of imidazole rings is 1. The second kappa shape index (κ2) is 10.6. The molecule has 0 unspecified atom stereocenters. The van der Waals surface area contributed by atoms with Crippen molar-refractivity contribution in [2.24, 2.45) is 7.05 Å². The molecular weight excluding hydrogens is 559 g/mol. The summed E-state index contributed by atoms with van der Waals surface area (Å²) >= 11 is 1.24. The van der Waals surface area contributed by atoms with E-state index in [1.54, 1.807) is 66.9 Å². The van der Waals surface area contributed by atoms with Crippen LogP contribution in [0.2, 0.25) is 0 Å². The lowest BCUT2D eigenvalue weighted by Crippen LogP contribution is -2.50. The van der Waals surface area contributed by atoms with Crippen LogP contribution in [0.4, 0.5) is 18.0 Å². The third-order valence-corrected chi connectivity index (χ3v) is 7.85. The molecule has 0 aliphatic carbocycles. The van der Waals surface area contributed by atoms with Gasteiger partial charge in [0.1, 0.15) is 28.2 Å². The Balaban J connectivity index is 1.47. The fourth-order valence-electron chi connectivity index (χ4n) is 5.25. The number of benzene rings is 1. The molecule has 0 spiro atoms. The molecule has 0 saturated carbocycles. The molecule has 1 N–H and O–H groups in total. The quantitative estimate of drug-likeness (QED) is 0.310. The van der Waals surface area contributed by atoms with Crippen molar-refractivity contribution >= 4 is 44.6 Å². The predicted octanol–water partition coefficient (Wildman–Crippen LogP) is 5.96. The van der Waals surface area contributed by atoms with Crippen molar-refractivity contribution in [3.8, 4) is 17.3 Å². The van der Waals surface area contributed by atoms with E-state index in [0.717, 1.165) is 0 Å². The van der Waals surface area contributed by atoms with E-state index in [1.165, 1.54) is 23.0 Å².